The van der Waals surface area contributed by atoms with Crippen LogP contribution in [-0.4, -0.2) is 29.0 Å². The minimum Gasteiger partial charge on any atom is -0.493 e. The molecule has 0 aromatic heterocycles. The molecule has 0 saturated heterocycles. The second kappa shape index (κ2) is 7.65. The van der Waals surface area contributed by atoms with E-state index in [1.54, 1.807) is 0 Å². The molecule has 0 fully saturated rings. The summed E-state index contributed by atoms with van der Waals surface area (Å²) >= 11 is 0. The van der Waals surface area contributed by atoms with Gasteiger partial charge in [0.15, 0.2) is 0 Å². The van der Waals surface area contributed by atoms with Crippen LogP contribution in [0.25, 0.3) is 0 Å². The average Bonchev–Trinajstić information content (AvgIpc) is 2.40. The number of benzene rings is 1. The lowest BCUT2D eigenvalue weighted by Gasteiger charge is -2.23. The maximum Gasteiger partial charge on any atom is 0.125 e. The van der Waals surface area contributed by atoms with E-state index < -0.39 is 12.2 Å². The van der Waals surface area contributed by atoms with Crippen LogP contribution in [0.15, 0.2) is 12.1 Å². The molecule has 0 aliphatic rings. The zero-order valence-corrected chi connectivity index (χ0v) is 13.3. The molecular formula is C17H28O3. The Morgan fingerprint density at radius 2 is 1.75 bits per heavy atom. The molecule has 0 aliphatic carbocycles. The Bertz CT molecular complexity index is 428. The van der Waals surface area contributed by atoms with E-state index >= 15 is 0 Å². The van der Waals surface area contributed by atoms with Gasteiger partial charge in [0.2, 0.25) is 0 Å². The van der Waals surface area contributed by atoms with E-state index in [0.717, 1.165) is 16.9 Å². The molecule has 3 nitrogen and oxygen atoms in total. The lowest BCUT2D eigenvalue weighted by molar-refractivity contribution is 0.00941. The zero-order valence-electron chi connectivity index (χ0n) is 13.3. The molecule has 0 radical (unpaired) electrons. The third kappa shape index (κ3) is 4.22. The number of rotatable bonds is 7. The number of hydrogen-bond acceptors (Lipinski definition) is 3. The molecule has 0 saturated carbocycles. The molecule has 2 N–H and O–H groups in total. The van der Waals surface area contributed by atoms with E-state index in [-0.39, 0.29) is 5.92 Å². The van der Waals surface area contributed by atoms with Crippen molar-refractivity contribution in [2.45, 2.75) is 65.6 Å². The Hall–Kier alpha value is -1.06. The first-order chi connectivity index (χ1) is 9.40. The third-order valence-electron chi connectivity index (χ3n) is 3.72. The lowest BCUT2D eigenvalue weighted by atomic mass is 9.89. The van der Waals surface area contributed by atoms with Gasteiger partial charge in [0, 0.05) is 0 Å². The Labute approximate surface area is 122 Å². The Morgan fingerprint density at radius 3 is 2.30 bits per heavy atom. The highest BCUT2D eigenvalue weighted by atomic mass is 16.5. The van der Waals surface area contributed by atoms with Crippen LogP contribution < -0.4 is 4.74 Å². The van der Waals surface area contributed by atoms with Gasteiger partial charge in [-0.1, -0.05) is 31.5 Å². The highest BCUT2D eigenvalue weighted by Gasteiger charge is 2.21. The number of ether oxygens (including phenoxy) is 1. The molecule has 3 heteroatoms. The SMILES string of the molecule is CCOc1c(C)cc(C)cc1C(C)CC(O)C(O)CC. The van der Waals surface area contributed by atoms with Gasteiger partial charge in [-0.05, 0) is 50.7 Å². The molecule has 0 spiro atoms. The Kier molecular flexibility index (Phi) is 6.50. The first-order valence-corrected chi connectivity index (χ1v) is 7.50. The predicted octanol–water partition coefficient (Wildman–Crippen LogP) is 3.33. The van der Waals surface area contributed by atoms with E-state index in [1.165, 1.54) is 5.56 Å². The summed E-state index contributed by atoms with van der Waals surface area (Å²) in [7, 11) is 0. The summed E-state index contributed by atoms with van der Waals surface area (Å²) in [6.07, 6.45) is -0.235. The number of hydrogen-bond donors (Lipinski definition) is 2. The zero-order chi connectivity index (χ0) is 15.3. The van der Waals surface area contributed by atoms with E-state index in [0.29, 0.717) is 19.4 Å². The molecule has 1 rings (SSSR count). The first kappa shape index (κ1) is 17.0. The molecule has 3 unspecified atom stereocenters. The number of aliphatic hydroxyl groups excluding tert-OH is 2. The highest BCUT2D eigenvalue weighted by Crippen LogP contribution is 2.34. The van der Waals surface area contributed by atoms with Gasteiger partial charge in [-0.15, -0.1) is 0 Å². The summed E-state index contributed by atoms with van der Waals surface area (Å²) in [5.74, 6) is 1.06. The molecule has 0 amide bonds. The second-order valence-corrected chi connectivity index (χ2v) is 5.61. The highest BCUT2D eigenvalue weighted by molar-refractivity contribution is 5.45. The molecule has 114 valence electrons. The van der Waals surface area contributed by atoms with Crippen LogP contribution in [0.3, 0.4) is 0 Å². The summed E-state index contributed by atoms with van der Waals surface area (Å²) in [6, 6.07) is 4.23. The van der Waals surface area contributed by atoms with Gasteiger partial charge in [-0.3, -0.25) is 0 Å². The van der Waals surface area contributed by atoms with E-state index in [9.17, 15) is 10.2 Å². The monoisotopic (exact) mass is 280 g/mol. The smallest absolute Gasteiger partial charge is 0.125 e. The van der Waals surface area contributed by atoms with Crippen molar-refractivity contribution in [1.82, 2.24) is 0 Å². The molecule has 0 bridgehead atoms. The Balaban J connectivity index is 2.99. The van der Waals surface area contributed by atoms with Crippen LogP contribution in [0, 0.1) is 13.8 Å². The largest absolute Gasteiger partial charge is 0.493 e. The van der Waals surface area contributed by atoms with Gasteiger partial charge in [0.25, 0.3) is 0 Å². The Morgan fingerprint density at radius 1 is 1.10 bits per heavy atom. The van der Waals surface area contributed by atoms with Gasteiger partial charge >= 0.3 is 0 Å². The fourth-order valence-electron chi connectivity index (χ4n) is 2.61. The van der Waals surface area contributed by atoms with E-state index in [4.69, 9.17) is 4.74 Å². The van der Waals surface area contributed by atoms with Crippen molar-refractivity contribution in [2.24, 2.45) is 0 Å². The first-order valence-electron chi connectivity index (χ1n) is 7.50. The van der Waals surface area contributed by atoms with Crippen LogP contribution in [0.1, 0.15) is 56.2 Å². The molecule has 0 aliphatic heterocycles. The third-order valence-corrected chi connectivity index (χ3v) is 3.72. The van der Waals surface area contributed by atoms with E-state index in [2.05, 4.69) is 26.0 Å². The van der Waals surface area contributed by atoms with Crippen molar-refractivity contribution in [3.63, 3.8) is 0 Å². The molecule has 1 aromatic carbocycles. The minimum absolute atomic E-state index is 0.145. The molecular weight excluding hydrogens is 252 g/mol. The van der Waals surface area contributed by atoms with Crippen molar-refractivity contribution >= 4 is 0 Å². The summed E-state index contributed by atoms with van der Waals surface area (Å²) in [6.45, 7) is 10.7. The average molecular weight is 280 g/mol. The topological polar surface area (TPSA) is 49.7 Å². The fourth-order valence-corrected chi connectivity index (χ4v) is 2.61. The van der Waals surface area contributed by atoms with Gasteiger partial charge in [0.05, 0.1) is 18.8 Å². The van der Waals surface area contributed by atoms with E-state index in [1.807, 2.05) is 20.8 Å². The molecule has 1 aromatic rings. The van der Waals surface area contributed by atoms with Gasteiger partial charge in [-0.2, -0.15) is 0 Å². The maximum atomic E-state index is 10.0. The number of aliphatic hydroxyl groups is 2. The van der Waals surface area contributed by atoms with Crippen molar-refractivity contribution < 1.29 is 14.9 Å². The molecule has 3 atom stereocenters. The number of aryl methyl sites for hydroxylation is 2. The summed E-state index contributed by atoms with van der Waals surface area (Å²) < 4.78 is 5.77. The molecule has 0 heterocycles. The van der Waals surface area contributed by atoms with Crippen molar-refractivity contribution in [1.29, 1.82) is 0 Å². The standard InChI is InChI=1S/C17H28O3/c1-6-15(18)16(19)10-12(4)14-9-11(3)8-13(5)17(14)20-7-2/h8-9,12,15-16,18-19H,6-7,10H2,1-5H3. The summed E-state index contributed by atoms with van der Waals surface area (Å²) in [5.41, 5.74) is 3.43. The van der Waals surface area contributed by atoms with Crippen molar-refractivity contribution in [2.75, 3.05) is 6.61 Å². The van der Waals surface area contributed by atoms with Gasteiger partial charge < -0.3 is 14.9 Å². The normalized spacial score (nSPS) is 15.8. The summed E-state index contributed by atoms with van der Waals surface area (Å²) in [5, 5.41) is 19.7. The lowest BCUT2D eigenvalue weighted by Crippen LogP contribution is -2.26. The summed E-state index contributed by atoms with van der Waals surface area (Å²) in [4.78, 5) is 0. The maximum absolute atomic E-state index is 10.0. The van der Waals surface area contributed by atoms with Crippen LogP contribution >= 0.6 is 0 Å². The van der Waals surface area contributed by atoms with Crippen LogP contribution in [0.5, 0.6) is 5.75 Å². The fraction of sp³-hybridized carbons (Fsp3) is 0.647. The van der Waals surface area contributed by atoms with Gasteiger partial charge in [0.1, 0.15) is 5.75 Å². The van der Waals surface area contributed by atoms with Crippen LogP contribution in [-0.2, 0) is 0 Å². The van der Waals surface area contributed by atoms with Crippen LogP contribution in [0.4, 0.5) is 0 Å². The molecule has 20 heavy (non-hydrogen) atoms. The quantitative estimate of drug-likeness (QED) is 0.805. The minimum atomic E-state index is -0.690. The second-order valence-electron chi connectivity index (χ2n) is 5.61. The predicted molar refractivity (Wildman–Crippen MR) is 82.4 cm³/mol. The van der Waals surface area contributed by atoms with Crippen molar-refractivity contribution in [3.8, 4) is 5.75 Å². The van der Waals surface area contributed by atoms with Gasteiger partial charge in [-0.25, -0.2) is 0 Å². The van der Waals surface area contributed by atoms with Crippen LogP contribution in [0.2, 0.25) is 0 Å². The van der Waals surface area contributed by atoms with Crippen molar-refractivity contribution in [3.05, 3.63) is 28.8 Å².